The monoisotopic (exact) mass is 378 g/mol. The number of hydrogen-bond acceptors (Lipinski definition) is 4. The maximum absolute atomic E-state index is 12.8. The molecule has 1 amide bonds. The highest BCUT2D eigenvalue weighted by atomic mass is 16.5. The fraction of sp³-hybridized carbons (Fsp3) is 0.364. The number of ether oxygens (including phenoxy) is 1. The average Bonchev–Trinajstić information content (AvgIpc) is 3.37. The van der Waals surface area contributed by atoms with Crippen LogP contribution in [-0.2, 0) is 11.2 Å². The SMILES string of the molecule is COc1ccccc1CC(=O)N1CC[C@@H](c2cn3cccc3c(N(C)C)n2)C1. The molecule has 1 aromatic carbocycles. The summed E-state index contributed by atoms with van der Waals surface area (Å²) in [4.78, 5) is 21.7. The highest BCUT2D eigenvalue weighted by molar-refractivity contribution is 5.80. The first kappa shape index (κ1) is 18.3. The number of likely N-dealkylation sites (tertiary alicyclic amines) is 1. The van der Waals surface area contributed by atoms with E-state index in [4.69, 9.17) is 9.72 Å². The van der Waals surface area contributed by atoms with Crippen LogP contribution in [0.25, 0.3) is 5.52 Å². The molecule has 3 heterocycles. The molecule has 1 aliphatic rings. The predicted molar refractivity (Wildman–Crippen MR) is 110 cm³/mol. The Labute approximate surface area is 165 Å². The molecule has 0 aliphatic carbocycles. The Morgan fingerprint density at radius 3 is 2.86 bits per heavy atom. The first-order valence-electron chi connectivity index (χ1n) is 9.61. The maximum Gasteiger partial charge on any atom is 0.227 e. The number of methoxy groups -OCH3 is 1. The van der Waals surface area contributed by atoms with Crippen LogP contribution in [-0.4, -0.2) is 54.5 Å². The van der Waals surface area contributed by atoms with Gasteiger partial charge >= 0.3 is 0 Å². The second-order valence-corrected chi connectivity index (χ2v) is 7.50. The maximum atomic E-state index is 12.8. The normalized spacial score (nSPS) is 16.5. The Balaban J connectivity index is 1.51. The summed E-state index contributed by atoms with van der Waals surface area (Å²) in [5.41, 5.74) is 3.07. The fourth-order valence-electron chi connectivity index (χ4n) is 3.92. The lowest BCUT2D eigenvalue weighted by Crippen LogP contribution is -2.30. The van der Waals surface area contributed by atoms with Crippen LogP contribution < -0.4 is 9.64 Å². The van der Waals surface area contributed by atoms with E-state index in [0.29, 0.717) is 13.0 Å². The predicted octanol–water partition coefficient (Wildman–Crippen LogP) is 2.97. The number of fused-ring (bicyclic) bond motifs is 1. The molecular formula is C22H26N4O2. The number of aromatic nitrogens is 2. The van der Waals surface area contributed by atoms with E-state index in [1.165, 1.54) is 0 Å². The summed E-state index contributed by atoms with van der Waals surface area (Å²) in [6, 6.07) is 11.8. The molecule has 0 saturated carbocycles. The number of carbonyl (C=O) groups excluding carboxylic acids is 1. The minimum atomic E-state index is 0.141. The van der Waals surface area contributed by atoms with E-state index in [9.17, 15) is 4.79 Å². The molecule has 0 spiro atoms. The van der Waals surface area contributed by atoms with E-state index >= 15 is 0 Å². The zero-order valence-corrected chi connectivity index (χ0v) is 16.6. The van der Waals surface area contributed by atoms with Crippen molar-refractivity contribution in [1.82, 2.24) is 14.3 Å². The Morgan fingerprint density at radius 1 is 1.25 bits per heavy atom. The van der Waals surface area contributed by atoms with Crippen molar-refractivity contribution in [2.75, 3.05) is 39.2 Å². The number of para-hydroxylation sites is 1. The number of amides is 1. The van der Waals surface area contributed by atoms with E-state index in [1.54, 1.807) is 7.11 Å². The van der Waals surface area contributed by atoms with Gasteiger partial charge in [-0.15, -0.1) is 0 Å². The molecule has 1 fully saturated rings. The molecule has 6 heteroatoms. The summed E-state index contributed by atoms with van der Waals surface area (Å²) in [5, 5.41) is 0. The standard InChI is InChI=1S/C22H26N4O2/c1-24(2)22-19-8-6-11-25(19)15-18(23-22)17-10-12-26(14-17)21(27)13-16-7-4-5-9-20(16)28-3/h4-9,11,15,17H,10,12-14H2,1-3H3/t17-/m1/s1. The van der Waals surface area contributed by atoms with Gasteiger partial charge < -0.3 is 18.9 Å². The van der Waals surface area contributed by atoms with Crippen LogP contribution in [0.2, 0.25) is 0 Å². The zero-order chi connectivity index (χ0) is 19.7. The van der Waals surface area contributed by atoms with Gasteiger partial charge in [0.05, 0.1) is 24.7 Å². The number of nitrogens with zero attached hydrogens (tertiary/aromatic N) is 4. The third-order valence-corrected chi connectivity index (χ3v) is 5.43. The highest BCUT2D eigenvalue weighted by Crippen LogP contribution is 2.30. The van der Waals surface area contributed by atoms with Gasteiger partial charge in [-0.25, -0.2) is 4.98 Å². The van der Waals surface area contributed by atoms with Gasteiger partial charge in [-0.3, -0.25) is 4.79 Å². The summed E-state index contributed by atoms with van der Waals surface area (Å²) in [6.07, 6.45) is 5.45. The second-order valence-electron chi connectivity index (χ2n) is 7.50. The van der Waals surface area contributed by atoms with Crippen molar-refractivity contribution in [3.8, 4) is 5.75 Å². The summed E-state index contributed by atoms with van der Waals surface area (Å²) in [6.45, 7) is 1.47. The minimum absolute atomic E-state index is 0.141. The second kappa shape index (κ2) is 7.54. The van der Waals surface area contributed by atoms with Crippen LogP contribution in [0.4, 0.5) is 5.82 Å². The molecule has 0 bridgehead atoms. The first-order valence-corrected chi connectivity index (χ1v) is 9.61. The average molecular weight is 378 g/mol. The minimum Gasteiger partial charge on any atom is -0.496 e. The van der Waals surface area contributed by atoms with Crippen molar-refractivity contribution in [1.29, 1.82) is 0 Å². The Bertz CT molecular complexity index is 995. The Kier molecular flexibility index (Phi) is 4.94. The number of carbonyl (C=O) groups is 1. The zero-order valence-electron chi connectivity index (χ0n) is 16.6. The first-order chi connectivity index (χ1) is 13.6. The lowest BCUT2D eigenvalue weighted by atomic mass is 10.1. The third-order valence-electron chi connectivity index (χ3n) is 5.43. The van der Waals surface area contributed by atoms with Crippen LogP contribution in [0.3, 0.4) is 0 Å². The van der Waals surface area contributed by atoms with Crippen LogP contribution >= 0.6 is 0 Å². The van der Waals surface area contributed by atoms with Crippen LogP contribution in [0, 0.1) is 0 Å². The van der Waals surface area contributed by atoms with E-state index in [2.05, 4.69) is 16.7 Å². The Hall–Kier alpha value is -3.02. The molecule has 146 valence electrons. The van der Waals surface area contributed by atoms with Gasteiger partial charge in [0, 0.05) is 51.1 Å². The molecule has 1 saturated heterocycles. The van der Waals surface area contributed by atoms with Gasteiger partial charge in [0.15, 0.2) is 5.82 Å². The summed E-state index contributed by atoms with van der Waals surface area (Å²) < 4.78 is 7.50. The van der Waals surface area contributed by atoms with Crippen molar-refractivity contribution < 1.29 is 9.53 Å². The quantitative estimate of drug-likeness (QED) is 0.685. The lowest BCUT2D eigenvalue weighted by Gasteiger charge is -2.19. The van der Waals surface area contributed by atoms with Crippen molar-refractivity contribution in [2.24, 2.45) is 0 Å². The van der Waals surface area contributed by atoms with E-state index in [-0.39, 0.29) is 11.8 Å². The summed E-state index contributed by atoms with van der Waals surface area (Å²) in [5.74, 6) is 2.12. The number of benzene rings is 1. The highest BCUT2D eigenvalue weighted by Gasteiger charge is 2.29. The van der Waals surface area contributed by atoms with Gasteiger partial charge in [0.25, 0.3) is 0 Å². The summed E-state index contributed by atoms with van der Waals surface area (Å²) >= 11 is 0. The molecule has 2 aromatic heterocycles. The molecule has 4 rings (SSSR count). The Morgan fingerprint density at radius 2 is 2.07 bits per heavy atom. The van der Waals surface area contributed by atoms with Crippen LogP contribution in [0.1, 0.15) is 23.6 Å². The third kappa shape index (κ3) is 3.42. The molecule has 0 unspecified atom stereocenters. The van der Waals surface area contributed by atoms with Crippen molar-refractivity contribution in [2.45, 2.75) is 18.8 Å². The largest absolute Gasteiger partial charge is 0.496 e. The number of rotatable bonds is 5. The van der Waals surface area contributed by atoms with Crippen molar-refractivity contribution >= 4 is 17.2 Å². The van der Waals surface area contributed by atoms with Gasteiger partial charge in [0.1, 0.15) is 5.75 Å². The van der Waals surface area contributed by atoms with Crippen molar-refractivity contribution in [3.05, 3.63) is 60.0 Å². The smallest absolute Gasteiger partial charge is 0.227 e. The molecule has 6 nitrogen and oxygen atoms in total. The number of hydrogen-bond donors (Lipinski definition) is 0. The van der Waals surface area contributed by atoms with Gasteiger partial charge in [0.2, 0.25) is 5.91 Å². The van der Waals surface area contributed by atoms with Gasteiger partial charge in [-0.05, 0) is 24.6 Å². The fourth-order valence-corrected chi connectivity index (χ4v) is 3.92. The molecule has 28 heavy (non-hydrogen) atoms. The van der Waals surface area contributed by atoms with Gasteiger partial charge in [-0.2, -0.15) is 0 Å². The summed E-state index contributed by atoms with van der Waals surface area (Å²) in [7, 11) is 5.66. The van der Waals surface area contributed by atoms with Crippen LogP contribution in [0.5, 0.6) is 5.75 Å². The molecule has 0 N–H and O–H groups in total. The van der Waals surface area contributed by atoms with E-state index in [0.717, 1.165) is 41.3 Å². The molecule has 3 aromatic rings. The molecule has 1 aliphatic heterocycles. The molecule has 0 radical (unpaired) electrons. The molecule has 1 atom stereocenters. The van der Waals surface area contributed by atoms with Gasteiger partial charge in [-0.1, -0.05) is 18.2 Å². The van der Waals surface area contributed by atoms with Crippen LogP contribution in [0.15, 0.2) is 48.8 Å². The number of anilines is 1. The molecular weight excluding hydrogens is 352 g/mol. The topological polar surface area (TPSA) is 50.1 Å². The van der Waals surface area contributed by atoms with Crippen molar-refractivity contribution in [3.63, 3.8) is 0 Å². The lowest BCUT2D eigenvalue weighted by molar-refractivity contribution is -0.129. The van der Waals surface area contributed by atoms with E-state index < -0.39 is 0 Å². The van der Waals surface area contributed by atoms with E-state index in [1.807, 2.05) is 60.4 Å².